The zero-order valence-electron chi connectivity index (χ0n) is 18.3. The molecule has 4 aromatic rings. The third-order valence-corrected chi connectivity index (χ3v) is 5.93. The minimum atomic E-state index is -4.66. The molecule has 0 radical (unpaired) electrons. The van der Waals surface area contributed by atoms with Crippen LogP contribution in [-0.2, 0) is 6.18 Å². The fourth-order valence-electron chi connectivity index (χ4n) is 4.24. The van der Waals surface area contributed by atoms with Crippen LogP contribution < -0.4 is 16.2 Å². The van der Waals surface area contributed by atoms with Crippen molar-refractivity contribution in [2.75, 3.05) is 18.4 Å². The summed E-state index contributed by atoms with van der Waals surface area (Å²) in [6.07, 6.45) is 2.42. The minimum Gasteiger partial charge on any atom is -0.356 e. The van der Waals surface area contributed by atoms with Crippen LogP contribution in [0.1, 0.15) is 24.0 Å². The number of aromatic amines is 1. The standard InChI is InChI=1S/C23H22F3N7O/c1-13-4-2-8-28-20(13)33-9-6-15-16(11-29-19(15)21(33)34)18-17(23(24,25)26)12-30-22(32-18)31-14-5-3-7-27-10-14/h2,4,6,8-9,11-12,14,27,29H,3,5,7,10H2,1H3,(H,30,31,32)/t14-/m0/s1. The molecule has 1 aliphatic heterocycles. The predicted octanol–water partition coefficient (Wildman–Crippen LogP) is 3.66. The number of anilines is 1. The van der Waals surface area contributed by atoms with Crippen LogP contribution in [0.15, 0.2) is 47.8 Å². The normalized spacial score (nSPS) is 16.6. The zero-order chi connectivity index (χ0) is 23.9. The van der Waals surface area contributed by atoms with E-state index in [1.54, 1.807) is 18.3 Å². The average Bonchev–Trinajstić information content (AvgIpc) is 3.25. The number of nitrogens with zero attached hydrogens (tertiary/aromatic N) is 4. The van der Waals surface area contributed by atoms with Crippen LogP contribution in [0.4, 0.5) is 19.1 Å². The number of piperidine rings is 1. The molecule has 0 saturated carbocycles. The number of aromatic nitrogens is 5. The Morgan fingerprint density at radius 3 is 2.82 bits per heavy atom. The van der Waals surface area contributed by atoms with E-state index < -0.39 is 17.3 Å². The van der Waals surface area contributed by atoms with E-state index in [0.717, 1.165) is 31.1 Å². The van der Waals surface area contributed by atoms with Crippen molar-refractivity contribution in [2.24, 2.45) is 0 Å². The van der Waals surface area contributed by atoms with E-state index in [-0.39, 0.29) is 28.8 Å². The van der Waals surface area contributed by atoms with Gasteiger partial charge in [-0.15, -0.1) is 0 Å². The van der Waals surface area contributed by atoms with Gasteiger partial charge < -0.3 is 15.6 Å². The first-order chi connectivity index (χ1) is 16.3. The van der Waals surface area contributed by atoms with Gasteiger partial charge in [-0.1, -0.05) is 6.07 Å². The molecule has 0 bridgehead atoms. The molecular weight excluding hydrogens is 447 g/mol. The molecule has 5 heterocycles. The molecule has 0 aromatic carbocycles. The van der Waals surface area contributed by atoms with E-state index in [0.29, 0.717) is 17.7 Å². The molecule has 11 heteroatoms. The van der Waals surface area contributed by atoms with E-state index in [9.17, 15) is 18.0 Å². The lowest BCUT2D eigenvalue weighted by molar-refractivity contribution is -0.137. The van der Waals surface area contributed by atoms with Crippen LogP contribution in [0.5, 0.6) is 0 Å². The molecule has 3 N–H and O–H groups in total. The largest absolute Gasteiger partial charge is 0.419 e. The van der Waals surface area contributed by atoms with Gasteiger partial charge in [-0.2, -0.15) is 13.2 Å². The molecule has 1 aliphatic rings. The van der Waals surface area contributed by atoms with Crippen molar-refractivity contribution in [2.45, 2.75) is 32.0 Å². The quantitative estimate of drug-likeness (QED) is 0.422. The van der Waals surface area contributed by atoms with Gasteiger partial charge in [0.05, 0.1) is 5.69 Å². The molecular formula is C23H22F3N7O. The van der Waals surface area contributed by atoms with Gasteiger partial charge >= 0.3 is 6.18 Å². The molecule has 0 unspecified atom stereocenters. The maximum absolute atomic E-state index is 13.8. The summed E-state index contributed by atoms with van der Waals surface area (Å²) >= 11 is 0. The summed E-state index contributed by atoms with van der Waals surface area (Å²) < 4.78 is 42.9. The molecule has 1 fully saturated rings. The number of pyridine rings is 2. The van der Waals surface area contributed by atoms with Crippen LogP contribution in [0, 0.1) is 6.92 Å². The zero-order valence-corrected chi connectivity index (χ0v) is 18.3. The first kappa shape index (κ1) is 22.1. The molecule has 0 amide bonds. The number of H-pyrrole nitrogens is 1. The highest BCUT2D eigenvalue weighted by Gasteiger charge is 2.36. The summed E-state index contributed by atoms with van der Waals surface area (Å²) in [5, 5.41) is 6.70. The highest BCUT2D eigenvalue weighted by atomic mass is 19.4. The predicted molar refractivity (Wildman–Crippen MR) is 122 cm³/mol. The van der Waals surface area contributed by atoms with Crippen molar-refractivity contribution >= 4 is 16.9 Å². The second-order valence-electron chi connectivity index (χ2n) is 8.27. The molecule has 0 aliphatic carbocycles. The van der Waals surface area contributed by atoms with Crippen molar-refractivity contribution in [1.82, 2.24) is 29.8 Å². The third-order valence-electron chi connectivity index (χ3n) is 5.93. The average molecular weight is 469 g/mol. The fraction of sp³-hybridized carbons (Fsp3) is 0.304. The summed E-state index contributed by atoms with van der Waals surface area (Å²) in [5.74, 6) is 0.569. The Morgan fingerprint density at radius 1 is 1.24 bits per heavy atom. The number of nitrogens with one attached hydrogen (secondary N) is 3. The Balaban J connectivity index is 1.62. The Kier molecular flexibility index (Phi) is 5.56. The van der Waals surface area contributed by atoms with Gasteiger partial charge in [0.2, 0.25) is 5.95 Å². The van der Waals surface area contributed by atoms with Crippen LogP contribution in [-0.4, -0.2) is 43.6 Å². The molecule has 4 aromatic heterocycles. The van der Waals surface area contributed by atoms with Gasteiger partial charge in [0.1, 0.15) is 16.9 Å². The number of hydrogen-bond acceptors (Lipinski definition) is 6. The van der Waals surface area contributed by atoms with Gasteiger partial charge in [-0.05, 0) is 44.0 Å². The molecule has 34 heavy (non-hydrogen) atoms. The van der Waals surface area contributed by atoms with Crippen molar-refractivity contribution < 1.29 is 13.2 Å². The van der Waals surface area contributed by atoms with Crippen molar-refractivity contribution in [3.05, 3.63) is 64.5 Å². The Labute approximate surface area is 192 Å². The van der Waals surface area contributed by atoms with Gasteiger partial charge in [0.15, 0.2) is 0 Å². The first-order valence-electron chi connectivity index (χ1n) is 10.9. The summed E-state index contributed by atoms with van der Waals surface area (Å²) in [6, 6.07) is 5.20. The summed E-state index contributed by atoms with van der Waals surface area (Å²) in [7, 11) is 0. The number of rotatable bonds is 4. The Morgan fingerprint density at radius 2 is 2.09 bits per heavy atom. The van der Waals surface area contributed by atoms with Crippen LogP contribution in [0.25, 0.3) is 28.0 Å². The lowest BCUT2D eigenvalue weighted by Crippen LogP contribution is -2.38. The highest BCUT2D eigenvalue weighted by Crippen LogP contribution is 2.38. The Hall–Kier alpha value is -3.73. The number of alkyl halides is 3. The summed E-state index contributed by atoms with van der Waals surface area (Å²) in [6.45, 7) is 3.41. The minimum absolute atomic E-state index is 0.0233. The van der Waals surface area contributed by atoms with Crippen LogP contribution in [0.3, 0.4) is 0 Å². The molecule has 5 rings (SSSR count). The summed E-state index contributed by atoms with van der Waals surface area (Å²) in [4.78, 5) is 28.4. The second kappa shape index (κ2) is 8.56. The van der Waals surface area contributed by atoms with Gasteiger partial charge in [0.25, 0.3) is 5.56 Å². The molecule has 176 valence electrons. The van der Waals surface area contributed by atoms with Crippen LogP contribution >= 0.6 is 0 Å². The van der Waals surface area contributed by atoms with E-state index in [1.165, 1.54) is 17.0 Å². The van der Waals surface area contributed by atoms with E-state index in [4.69, 9.17) is 0 Å². The van der Waals surface area contributed by atoms with Gasteiger partial charge in [-0.3, -0.25) is 9.36 Å². The number of aryl methyl sites for hydroxylation is 1. The maximum Gasteiger partial charge on any atom is 0.419 e. The molecule has 1 atom stereocenters. The number of fused-ring (bicyclic) bond motifs is 1. The SMILES string of the molecule is Cc1cccnc1-n1ccc2c(-c3nc(N[C@H]4CCCNC4)ncc3C(F)(F)F)c[nH]c2c1=O. The Bertz CT molecular complexity index is 1400. The smallest absolute Gasteiger partial charge is 0.356 e. The fourth-order valence-corrected chi connectivity index (χ4v) is 4.24. The van der Waals surface area contributed by atoms with Crippen molar-refractivity contribution in [3.8, 4) is 17.1 Å². The van der Waals surface area contributed by atoms with Crippen molar-refractivity contribution in [1.29, 1.82) is 0 Å². The van der Waals surface area contributed by atoms with E-state index >= 15 is 0 Å². The van der Waals surface area contributed by atoms with Crippen molar-refractivity contribution in [3.63, 3.8) is 0 Å². The lowest BCUT2D eigenvalue weighted by Gasteiger charge is -2.24. The van der Waals surface area contributed by atoms with Crippen LogP contribution in [0.2, 0.25) is 0 Å². The number of halogens is 3. The second-order valence-corrected chi connectivity index (χ2v) is 8.27. The lowest BCUT2D eigenvalue weighted by atomic mass is 10.1. The molecule has 8 nitrogen and oxygen atoms in total. The van der Waals surface area contributed by atoms with Gasteiger partial charge in [0, 0.05) is 48.3 Å². The topological polar surface area (TPSA) is 101 Å². The monoisotopic (exact) mass is 469 g/mol. The van der Waals surface area contributed by atoms with E-state index in [1.807, 2.05) is 13.0 Å². The van der Waals surface area contributed by atoms with Gasteiger partial charge in [-0.25, -0.2) is 15.0 Å². The molecule has 0 spiro atoms. The maximum atomic E-state index is 13.8. The highest BCUT2D eigenvalue weighted by molar-refractivity contribution is 5.95. The molecule has 1 saturated heterocycles. The third kappa shape index (κ3) is 4.03. The summed E-state index contributed by atoms with van der Waals surface area (Å²) in [5.41, 5.74) is -0.535. The van der Waals surface area contributed by atoms with E-state index in [2.05, 4.69) is 30.6 Å². The number of hydrogen-bond donors (Lipinski definition) is 3. The first-order valence-corrected chi connectivity index (χ1v) is 10.9.